The minimum atomic E-state index is -0.276. The molecule has 0 saturated carbocycles. The van der Waals surface area contributed by atoms with Crippen LogP contribution < -0.4 is 5.32 Å². The minimum absolute atomic E-state index is 0.258. The summed E-state index contributed by atoms with van der Waals surface area (Å²) >= 11 is 0. The fourth-order valence-electron chi connectivity index (χ4n) is 1.93. The van der Waals surface area contributed by atoms with Crippen molar-refractivity contribution in [3.63, 3.8) is 0 Å². The van der Waals surface area contributed by atoms with Gasteiger partial charge in [0.1, 0.15) is 5.69 Å². The molecule has 1 aromatic carbocycles. The quantitative estimate of drug-likeness (QED) is 0.927. The van der Waals surface area contributed by atoms with E-state index in [1.807, 2.05) is 32.0 Å². The second kappa shape index (κ2) is 5.98. The molecule has 1 heterocycles. The van der Waals surface area contributed by atoms with E-state index in [2.05, 4.69) is 16.4 Å². The smallest absolute Gasteiger partial charge is 0.270 e. The van der Waals surface area contributed by atoms with Crippen LogP contribution in [0.2, 0.25) is 0 Å². The van der Waals surface area contributed by atoms with E-state index in [-0.39, 0.29) is 11.6 Å². The Kier molecular flexibility index (Phi) is 4.11. The number of nitriles is 1. The highest BCUT2D eigenvalue weighted by Gasteiger charge is 2.08. The number of carbonyl (C=O) groups excluding carboxylic acids is 1. The van der Waals surface area contributed by atoms with Gasteiger partial charge >= 0.3 is 0 Å². The van der Waals surface area contributed by atoms with Gasteiger partial charge in [-0.05, 0) is 37.1 Å². The average Bonchev–Trinajstić information content (AvgIpc) is 2.46. The summed E-state index contributed by atoms with van der Waals surface area (Å²) in [5.41, 5.74) is 4.09. The van der Waals surface area contributed by atoms with Crippen LogP contribution in [-0.2, 0) is 6.54 Å². The van der Waals surface area contributed by atoms with E-state index in [1.54, 1.807) is 6.07 Å². The predicted octanol–water partition coefficient (Wildman–Crippen LogP) is 2.50. The number of aryl methyl sites for hydroxylation is 2. The molecule has 0 atom stereocenters. The Balaban J connectivity index is 2.07. The Morgan fingerprint density at radius 2 is 2.10 bits per heavy atom. The molecule has 1 N–H and O–H groups in total. The molecule has 0 bridgehead atoms. The third-order valence-electron chi connectivity index (χ3n) is 3.06. The third kappa shape index (κ3) is 3.21. The van der Waals surface area contributed by atoms with Gasteiger partial charge in [-0.15, -0.1) is 0 Å². The summed E-state index contributed by atoms with van der Waals surface area (Å²) in [6.07, 6.45) is 1.46. The first-order chi connectivity index (χ1) is 9.60. The van der Waals surface area contributed by atoms with Gasteiger partial charge in [0, 0.05) is 12.7 Å². The zero-order chi connectivity index (χ0) is 14.5. The van der Waals surface area contributed by atoms with Gasteiger partial charge in [0.05, 0.1) is 11.6 Å². The monoisotopic (exact) mass is 265 g/mol. The van der Waals surface area contributed by atoms with Crippen molar-refractivity contribution in [2.75, 3.05) is 0 Å². The van der Waals surface area contributed by atoms with E-state index in [9.17, 15) is 4.79 Å². The van der Waals surface area contributed by atoms with Crippen molar-refractivity contribution in [3.05, 3.63) is 64.5 Å². The van der Waals surface area contributed by atoms with Crippen LogP contribution >= 0.6 is 0 Å². The van der Waals surface area contributed by atoms with Crippen molar-refractivity contribution >= 4 is 5.91 Å². The van der Waals surface area contributed by atoms with Gasteiger partial charge in [0.25, 0.3) is 5.91 Å². The first-order valence-electron chi connectivity index (χ1n) is 6.30. The Morgan fingerprint density at radius 3 is 2.80 bits per heavy atom. The number of amides is 1. The van der Waals surface area contributed by atoms with Crippen molar-refractivity contribution in [2.45, 2.75) is 20.4 Å². The summed E-state index contributed by atoms with van der Waals surface area (Å²) in [4.78, 5) is 16.0. The molecule has 0 aliphatic carbocycles. The molecule has 1 amide bonds. The molecule has 2 rings (SSSR count). The second-order valence-corrected chi connectivity index (χ2v) is 4.65. The molecule has 0 unspecified atom stereocenters. The maximum absolute atomic E-state index is 12.0. The van der Waals surface area contributed by atoms with Crippen molar-refractivity contribution in [1.82, 2.24) is 10.3 Å². The fraction of sp³-hybridized carbons (Fsp3) is 0.188. The van der Waals surface area contributed by atoms with Crippen molar-refractivity contribution in [2.24, 2.45) is 0 Å². The summed E-state index contributed by atoms with van der Waals surface area (Å²) in [6, 6.07) is 11.1. The lowest BCUT2D eigenvalue weighted by molar-refractivity contribution is 0.0946. The molecule has 100 valence electrons. The number of carbonyl (C=O) groups is 1. The molecule has 20 heavy (non-hydrogen) atoms. The third-order valence-corrected chi connectivity index (χ3v) is 3.06. The Morgan fingerprint density at radius 1 is 1.30 bits per heavy atom. The number of rotatable bonds is 3. The number of hydrogen-bond acceptors (Lipinski definition) is 3. The molecule has 0 radical (unpaired) electrons. The average molecular weight is 265 g/mol. The first-order valence-corrected chi connectivity index (χ1v) is 6.30. The highest BCUT2D eigenvalue weighted by Crippen LogP contribution is 2.10. The van der Waals surface area contributed by atoms with Crippen LogP contribution in [0.3, 0.4) is 0 Å². The summed E-state index contributed by atoms with van der Waals surface area (Å²) in [5, 5.41) is 11.6. The topological polar surface area (TPSA) is 65.8 Å². The van der Waals surface area contributed by atoms with Gasteiger partial charge in [0.15, 0.2) is 0 Å². The predicted molar refractivity (Wildman–Crippen MR) is 76.0 cm³/mol. The van der Waals surface area contributed by atoms with Gasteiger partial charge in [-0.25, -0.2) is 0 Å². The van der Waals surface area contributed by atoms with Crippen LogP contribution in [0.25, 0.3) is 0 Å². The summed E-state index contributed by atoms with van der Waals surface area (Å²) < 4.78 is 0. The van der Waals surface area contributed by atoms with E-state index in [0.29, 0.717) is 12.1 Å². The van der Waals surface area contributed by atoms with E-state index in [4.69, 9.17) is 5.26 Å². The van der Waals surface area contributed by atoms with Gasteiger partial charge in [0.2, 0.25) is 0 Å². The molecule has 4 heteroatoms. The summed E-state index contributed by atoms with van der Waals surface area (Å²) in [6.45, 7) is 4.50. The molecule has 0 saturated heterocycles. The first kappa shape index (κ1) is 13.8. The van der Waals surface area contributed by atoms with Crippen LogP contribution in [0.5, 0.6) is 0 Å². The molecule has 0 fully saturated rings. The van der Waals surface area contributed by atoms with E-state index in [1.165, 1.54) is 17.8 Å². The molecule has 0 aliphatic rings. The number of nitrogens with zero attached hydrogens (tertiary/aromatic N) is 2. The van der Waals surface area contributed by atoms with Crippen molar-refractivity contribution < 1.29 is 4.79 Å². The standard InChI is InChI=1S/C16H15N3O/c1-11-3-4-14(12(2)7-11)10-19-16(20)15-8-13(9-17)5-6-18-15/h3-8H,10H2,1-2H3,(H,19,20). The zero-order valence-corrected chi connectivity index (χ0v) is 11.5. The number of benzene rings is 1. The van der Waals surface area contributed by atoms with Crippen molar-refractivity contribution in [1.29, 1.82) is 5.26 Å². The molecule has 1 aromatic heterocycles. The highest BCUT2D eigenvalue weighted by molar-refractivity contribution is 5.92. The van der Waals surface area contributed by atoms with E-state index >= 15 is 0 Å². The number of hydrogen-bond donors (Lipinski definition) is 1. The lowest BCUT2D eigenvalue weighted by Gasteiger charge is -2.08. The van der Waals surface area contributed by atoms with Crippen LogP contribution in [0, 0.1) is 25.2 Å². The van der Waals surface area contributed by atoms with Gasteiger partial charge in [-0.1, -0.05) is 23.8 Å². The molecular formula is C16H15N3O. The molecule has 0 aliphatic heterocycles. The lowest BCUT2D eigenvalue weighted by atomic mass is 10.1. The Labute approximate surface area is 118 Å². The maximum Gasteiger partial charge on any atom is 0.270 e. The number of nitrogens with one attached hydrogen (secondary N) is 1. The van der Waals surface area contributed by atoms with E-state index < -0.39 is 0 Å². The van der Waals surface area contributed by atoms with Crippen LogP contribution in [0.4, 0.5) is 0 Å². The number of pyridine rings is 1. The fourth-order valence-corrected chi connectivity index (χ4v) is 1.93. The SMILES string of the molecule is Cc1ccc(CNC(=O)c2cc(C#N)ccn2)c(C)c1. The zero-order valence-electron chi connectivity index (χ0n) is 11.5. The largest absolute Gasteiger partial charge is 0.347 e. The Hall–Kier alpha value is -2.67. The van der Waals surface area contributed by atoms with Gasteiger partial charge in [-0.3, -0.25) is 9.78 Å². The highest BCUT2D eigenvalue weighted by atomic mass is 16.1. The molecule has 0 spiro atoms. The van der Waals surface area contributed by atoms with Crippen LogP contribution in [0.15, 0.2) is 36.5 Å². The Bertz CT molecular complexity index is 686. The minimum Gasteiger partial charge on any atom is -0.347 e. The summed E-state index contributed by atoms with van der Waals surface area (Å²) in [5.74, 6) is -0.276. The maximum atomic E-state index is 12.0. The van der Waals surface area contributed by atoms with Gasteiger partial charge in [-0.2, -0.15) is 5.26 Å². The van der Waals surface area contributed by atoms with Crippen molar-refractivity contribution in [3.8, 4) is 6.07 Å². The van der Waals surface area contributed by atoms with E-state index in [0.717, 1.165) is 11.1 Å². The summed E-state index contributed by atoms with van der Waals surface area (Å²) in [7, 11) is 0. The second-order valence-electron chi connectivity index (χ2n) is 4.65. The van der Waals surface area contributed by atoms with Gasteiger partial charge < -0.3 is 5.32 Å². The number of aromatic nitrogens is 1. The normalized spacial score (nSPS) is 9.85. The molecule has 4 nitrogen and oxygen atoms in total. The van der Waals surface area contributed by atoms with Crippen LogP contribution in [-0.4, -0.2) is 10.9 Å². The molecular weight excluding hydrogens is 250 g/mol. The van der Waals surface area contributed by atoms with Crippen LogP contribution in [0.1, 0.15) is 32.7 Å². The lowest BCUT2D eigenvalue weighted by Crippen LogP contribution is -2.24. The molecule has 2 aromatic rings.